The van der Waals surface area contributed by atoms with Crippen molar-refractivity contribution in [2.45, 2.75) is 58.2 Å². The number of hydrogen-bond donors (Lipinski definition) is 1. The first-order chi connectivity index (χ1) is 12.1. The maximum Gasteiger partial charge on any atom is 0.237 e. The van der Waals surface area contributed by atoms with E-state index in [4.69, 9.17) is 0 Å². The molecule has 0 unspecified atom stereocenters. The molecule has 1 aromatic carbocycles. The Kier molecular flexibility index (Phi) is 6.49. The number of nitrogens with one attached hydrogen (secondary N) is 1. The summed E-state index contributed by atoms with van der Waals surface area (Å²) in [6.45, 7) is 9.64. The summed E-state index contributed by atoms with van der Waals surface area (Å²) < 4.78 is 0. The third-order valence-electron chi connectivity index (χ3n) is 5.62. The van der Waals surface area contributed by atoms with Gasteiger partial charge in [-0.05, 0) is 50.3 Å². The minimum atomic E-state index is 0.0462. The molecule has 25 heavy (non-hydrogen) atoms. The molecule has 0 radical (unpaired) electrons. The maximum absolute atomic E-state index is 12.8. The standard InChI is InChI=1S/C21H33N3O/c1-17(2)20(24-12-6-7-13-24)21(25)22-19-10-14-23(15-11-19)16-18-8-4-3-5-9-18/h3-5,8-9,17,19-20H,6-7,10-16H2,1-2H3,(H,22,25)/t20-/m0/s1. The molecule has 2 heterocycles. The van der Waals surface area contributed by atoms with Gasteiger partial charge in [-0.3, -0.25) is 14.6 Å². The molecule has 3 rings (SSSR count). The Morgan fingerprint density at radius 3 is 2.32 bits per heavy atom. The van der Waals surface area contributed by atoms with Crippen LogP contribution in [0.25, 0.3) is 0 Å². The average Bonchev–Trinajstić information content (AvgIpc) is 3.11. The monoisotopic (exact) mass is 343 g/mol. The fourth-order valence-electron chi connectivity index (χ4n) is 4.27. The van der Waals surface area contributed by atoms with E-state index in [0.717, 1.165) is 45.6 Å². The van der Waals surface area contributed by atoms with Crippen LogP contribution >= 0.6 is 0 Å². The lowest BCUT2D eigenvalue weighted by Gasteiger charge is -2.35. The first-order valence-electron chi connectivity index (χ1n) is 9.94. The Morgan fingerprint density at radius 2 is 1.72 bits per heavy atom. The lowest BCUT2D eigenvalue weighted by atomic mass is 9.99. The van der Waals surface area contributed by atoms with Gasteiger partial charge in [0.2, 0.25) is 5.91 Å². The summed E-state index contributed by atoms with van der Waals surface area (Å²) in [6.07, 6.45) is 4.58. The quantitative estimate of drug-likeness (QED) is 0.863. The van der Waals surface area contributed by atoms with E-state index in [1.807, 2.05) is 0 Å². The van der Waals surface area contributed by atoms with Crippen LogP contribution in [-0.2, 0) is 11.3 Å². The van der Waals surface area contributed by atoms with Gasteiger partial charge in [0.05, 0.1) is 6.04 Å². The second-order valence-corrected chi connectivity index (χ2v) is 7.98. The molecule has 1 amide bonds. The highest BCUT2D eigenvalue weighted by Crippen LogP contribution is 2.19. The van der Waals surface area contributed by atoms with Gasteiger partial charge in [-0.15, -0.1) is 0 Å². The van der Waals surface area contributed by atoms with Crippen molar-refractivity contribution in [3.05, 3.63) is 35.9 Å². The molecule has 0 aliphatic carbocycles. The van der Waals surface area contributed by atoms with Gasteiger partial charge in [-0.25, -0.2) is 0 Å². The highest BCUT2D eigenvalue weighted by Gasteiger charge is 2.32. The van der Waals surface area contributed by atoms with Crippen molar-refractivity contribution in [3.8, 4) is 0 Å². The van der Waals surface area contributed by atoms with E-state index in [9.17, 15) is 4.79 Å². The summed E-state index contributed by atoms with van der Waals surface area (Å²) in [5.74, 6) is 0.620. The number of rotatable bonds is 6. The van der Waals surface area contributed by atoms with Crippen molar-refractivity contribution in [1.29, 1.82) is 0 Å². The maximum atomic E-state index is 12.8. The second-order valence-electron chi connectivity index (χ2n) is 7.98. The fraction of sp³-hybridized carbons (Fsp3) is 0.667. The second kappa shape index (κ2) is 8.81. The molecule has 0 aromatic heterocycles. The summed E-state index contributed by atoms with van der Waals surface area (Å²) >= 11 is 0. The predicted molar refractivity (Wildman–Crippen MR) is 102 cm³/mol. The van der Waals surface area contributed by atoms with E-state index in [-0.39, 0.29) is 11.9 Å². The van der Waals surface area contributed by atoms with Gasteiger partial charge in [0.1, 0.15) is 0 Å². The van der Waals surface area contributed by atoms with Gasteiger partial charge < -0.3 is 5.32 Å². The van der Waals surface area contributed by atoms with E-state index in [2.05, 4.69) is 59.3 Å². The van der Waals surface area contributed by atoms with Gasteiger partial charge in [0.15, 0.2) is 0 Å². The number of piperidine rings is 1. The minimum Gasteiger partial charge on any atom is -0.352 e. The lowest BCUT2D eigenvalue weighted by molar-refractivity contribution is -0.128. The summed E-state index contributed by atoms with van der Waals surface area (Å²) in [7, 11) is 0. The van der Waals surface area contributed by atoms with Gasteiger partial charge in [0.25, 0.3) is 0 Å². The Labute approximate surface area is 152 Å². The first kappa shape index (κ1) is 18.4. The molecule has 1 atom stereocenters. The first-order valence-corrected chi connectivity index (χ1v) is 9.94. The summed E-state index contributed by atoms with van der Waals surface area (Å²) in [5.41, 5.74) is 1.37. The molecular weight excluding hydrogens is 310 g/mol. The molecule has 1 aromatic rings. The number of hydrogen-bond acceptors (Lipinski definition) is 3. The lowest BCUT2D eigenvalue weighted by Crippen LogP contribution is -2.53. The van der Waals surface area contributed by atoms with Crippen LogP contribution in [-0.4, -0.2) is 54.0 Å². The van der Waals surface area contributed by atoms with Gasteiger partial charge in [0, 0.05) is 25.7 Å². The topological polar surface area (TPSA) is 35.6 Å². The van der Waals surface area contributed by atoms with E-state index in [0.29, 0.717) is 12.0 Å². The molecule has 4 heteroatoms. The van der Waals surface area contributed by atoms with Crippen LogP contribution in [0.2, 0.25) is 0 Å². The highest BCUT2D eigenvalue weighted by atomic mass is 16.2. The summed E-state index contributed by atoms with van der Waals surface area (Å²) in [4.78, 5) is 17.7. The SMILES string of the molecule is CC(C)[C@@H](C(=O)NC1CCN(Cc2ccccc2)CC1)N1CCCC1. The molecule has 0 spiro atoms. The van der Waals surface area contributed by atoms with Crippen LogP contribution in [0, 0.1) is 5.92 Å². The molecule has 0 saturated carbocycles. The number of carbonyl (C=O) groups excluding carboxylic acids is 1. The minimum absolute atomic E-state index is 0.0462. The molecule has 2 fully saturated rings. The molecule has 2 aliphatic rings. The number of amides is 1. The summed E-state index contributed by atoms with van der Waals surface area (Å²) in [6, 6.07) is 11.0. The van der Waals surface area contributed by atoms with E-state index in [1.54, 1.807) is 0 Å². The predicted octanol–water partition coefficient (Wildman–Crippen LogP) is 2.89. The normalized spacial score (nSPS) is 21.6. The van der Waals surface area contributed by atoms with E-state index in [1.165, 1.54) is 18.4 Å². The van der Waals surface area contributed by atoms with Gasteiger partial charge >= 0.3 is 0 Å². The molecule has 2 aliphatic heterocycles. The Balaban J connectivity index is 1.47. The van der Waals surface area contributed by atoms with Crippen molar-refractivity contribution in [2.24, 2.45) is 5.92 Å². The van der Waals surface area contributed by atoms with Crippen molar-refractivity contribution in [3.63, 3.8) is 0 Å². The fourth-order valence-corrected chi connectivity index (χ4v) is 4.27. The largest absolute Gasteiger partial charge is 0.352 e. The van der Waals surface area contributed by atoms with Crippen LogP contribution in [0.5, 0.6) is 0 Å². The zero-order valence-electron chi connectivity index (χ0n) is 15.8. The Hall–Kier alpha value is -1.39. The highest BCUT2D eigenvalue weighted by molar-refractivity contribution is 5.82. The molecule has 1 N–H and O–H groups in total. The zero-order chi connectivity index (χ0) is 17.6. The van der Waals surface area contributed by atoms with Crippen molar-refractivity contribution < 1.29 is 4.79 Å². The molecule has 4 nitrogen and oxygen atoms in total. The smallest absolute Gasteiger partial charge is 0.237 e. The number of likely N-dealkylation sites (tertiary alicyclic amines) is 2. The van der Waals surface area contributed by atoms with E-state index < -0.39 is 0 Å². The Morgan fingerprint density at radius 1 is 1.08 bits per heavy atom. The van der Waals surface area contributed by atoms with Gasteiger partial charge in [-0.2, -0.15) is 0 Å². The third kappa shape index (κ3) is 5.05. The Bertz CT molecular complexity index is 531. The molecule has 138 valence electrons. The molecule has 0 bridgehead atoms. The van der Waals surface area contributed by atoms with Crippen LogP contribution in [0.15, 0.2) is 30.3 Å². The number of nitrogens with zero attached hydrogens (tertiary/aromatic N) is 2. The summed E-state index contributed by atoms with van der Waals surface area (Å²) in [5, 5.41) is 3.35. The van der Waals surface area contributed by atoms with Crippen molar-refractivity contribution >= 4 is 5.91 Å². The number of carbonyl (C=O) groups is 1. The van der Waals surface area contributed by atoms with Crippen molar-refractivity contribution in [2.75, 3.05) is 26.2 Å². The zero-order valence-corrected chi connectivity index (χ0v) is 15.8. The van der Waals surface area contributed by atoms with Crippen LogP contribution in [0.3, 0.4) is 0 Å². The third-order valence-corrected chi connectivity index (χ3v) is 5.62. The molecular formula is C21H33N3O. The van der Waals surface area contributed by atoms with Gasteiger partial charge in [-0.1, -0.05) is 44.2 Å². The van der Waals surface area contributed by atoms with E-state index >= 15 is 0 Å². The number of benzene rings is 1. The molecule has 2 saturated heterocycles. The average molecular weight is 344 g/mol. The van der Waals surface area contributed by atoms with Crippen LogP contribution < -0.4 is 5.32 Å². The van der Waals surface area contributed by atoms with Crippen molar-refractivity contribution in [1.82, 2.24) is 15.1 Å². The van der Waals surface area contributed by atoms with Crippen LogP contribution in [0.4, 0.5) is 0 Å². The van der Waals surface area contributed by atoms with Crippen LogP contribution in [0.1, 0.15) is 45.1 Å².